The van der Waals surface area contributed by atoms with E-state index in [1.54, 1.807) is 29.2 Å². The van der Waals surface area contributed by atoms with Crippen molar-refractivity contribution in [3.63, 3.8) is 0 Å². The first-order valence-electron chi connectivity index (χ1n) is 10.5. The van der Waals surface area contributed by atoms with Gasteiger partial charge in [0, 0.05) is 36.4 Å². The van der Waals surface area contributed by atoms with E-state index in [0.717, 1.165) is 24.1 Å². The standard InChI is InChI=1S/C24H25ClN4O2/c25-21-10-8-19(9-11-21)24(31)28-14-4-5-20(17-28)23(30)26-13-12-18-15-27-29(16-18)22-6-2-1-3-7-22/h1-3,6-11,15-16,20H,4-5,12-14,17H2,(H,26,30). The van der Waals surface area contributed by atoms with Gasteiger partial charge in [0.05, 0.1) is 17.8 Å². The van der Waals surface area contributed by atoms with Crippen LogP contribution in [0.2, 0.25) is 5.02 Å². The lowest BCUT2D eigenvalue weighted by molar-refractivity contribution is -0.126. The zero-order valence-electron chi connectivity index (χ0n) is 17.2. The first kappa shape index (κ1) is 21.1. The third kappa shape index (κ3) is 5.33. The molecule has 31 heavy (non-hydrogen) atoms. The van der Waals surface area contributed by atoms with Gasteiger partial charge < -0.3 is 10.2 Å². The summed E-state index contributed by atoms with van der Waals surface area (Å²) in [7, 11) is 0. The molecule has 1 aliphatic heterocycles. The lowest BCUT2D eigenvalue weighted by Gasteiger charge is -2.32. The highest BCUT2D eigenvalue weighted by Gasteiger charge is 2.28. The van der Waals surface area contributed by atoms with E-state index in [1.807, 2.05) is 47.4 Å². The van der Waals surface area contributed by atoms with Gasteiger partial charge in [-0.15, -0.1) is 0 Å². The third-order valence-corrected chi connectivity index (χ3v) is 5.79. The largest absolute Gasteiger partial charge is 0.355 e. The topological polar surface area (TPSA) is 67.2 Å². The van der Waals surface area contributed by atoms with Crippen molar-refractivity contribution >= 4 is 23.4 Å². The molecule has 1 aromatic heterocycles. The summed E-state index contributed by atoms with van der Waals surface area (Å²) in [5.41, 5.74) is 2.67. The van der Waals surface area contributed by atoms with Crippen LogP contribution in [0.3, 0.4) is 0 Å². The minimum atomic E-state index is -0.183. The number of hydrogen-bond donors (Lipinski definition) is 1. The fraction of sp³-hybridized carbons (Fsp3) is 0.292. The zero-order valence-corrected chi connectivity index (χ0v) is 18.0. The molecule has 160 valence electrons. The molecule has 1 N–H and O–H groups in total. The molecule has 2 amide bonds. The monoisotopic (exact) mass is 436 g/mol. The van der Waals surface area contributed by atoms with Crippen molar-refractivity contribution in [3.8, 4) is 5.69 Å². The van der Waals surface area contributed by atoms with Crippen molar-refractivity contribution in [3.05, 3.63) is 83.1 Å². The van der Waals surface area contributed by atoms with Crippen molar-refractivity contribution < 1.29 is 9.59 Å². The van der Waals surface area contributed by atoms with Gasteiger partial charge in [-0.2, -0.15) is 5.10 Å². The summed E-state index contributed by atoms with van der Waals surface area (Å²) < 4.78 is 1.83. The Morgan fingerprint density at radius 3 is 2.65 bits per heavy atom. The van der Waals surface area contributed by atoms with Gasteiger partial charge in [0.2, 0.25) is 5.91 Å². The predicted molar refractivity (Wildman–Crippen MR) is 120 cm³/mol. The van der Waals surface area contributed by atoms with Gasteiger partial charge in [0.1, 0.15) is 0 Å². The average Bonchev–Trinajstić information content (AvgIpc) is 3.29. The minimum absolute atomic E-state index is 0.00376. The Kier molecular flexibility index (Phi) is 6.67. The smallest absolute Gasteiger partial charge is 0.253 e. The Morgan fingerprint density at radius 2 is 1.87 bits per heavy atom. The molecule has 2 aromatic carbocycles. The van der Waals surface area contributed by atoms with Crippen LogP contribution < -0.4 is 5.32 Å². The molecule has 1 unspecified atom stereocenters. The summed E-state index contributed by atoms with van der Waals surface area (Å²) in [6.45, 7) is 1.66. The number of rotatable bonds is 6. The van der Waals surface area contributed by atoms with Crippen molar-refractivity contribution in [2.45, 2.75) is 19.3 Å². The van der Waals surface area contributed by atoms with Crippen LogP contribution in [0, 0.1) is 5.92 Å². The normalized spacial score (nSPS) is 16.2. The van der Waals surface area contributed by atoms with Crippen molar-refractivity contribution in [2.75, 3.05) is 19.6 Å². The van der Waals surface area contributed by atoms with Crippen LogP contribution in [0.4, 0.5) is 0 Å². The lowest BCUT2D eigenvalue weighted by atomic mass is 9.96. The summed E-state index contributed by atoms with van der Waals surface area (Å²) in [5, 5.41) is 8.01. The van der Waals surface area contributed by atoms with Gasteiger partial charge in [-0.25, -0.2) is 4.68 Å². The summed E-state index contributed by atoms with van der Waals surface area (Å²) in [4.78, 5) is 27.2. The Morgan fingerprint density at radius 1 is 1.10 bits per heavy atom. The number of nitrogens with one attached hydrogen (secondary N) is 1. The molecule has 3 aromatic rings. The van der Waals surface area contributed by atoms with Gasteiger partial charge in [-0.05, 0) is 61.2 Å². The highest BCUT2D eigenvalue weighted by molar-refractivity contribution is 6.30. The molecular formula is C24H25ClN4O2. The first-order chi connectivity index (χ1) is 15.1. The SMILES string of the molecule is O=C(NCCc1cnn(-c2ccccc2)c1)C1CCCN(C(=O)c2ccc(Cl)cc2)C1. The molecule has 0 spiro atoms. The first-order valence-corrected chi connectivity index (χ1v) is 10.9. The van der Waals surface area contributed by atoms with Crippen molar-refractivity contribution in [1.82, 2.24) is 20.0 Å². The maximum Gasteiger partial charge on any atom is 0.253 e. The molecule has 6 nitrogen and oxygen atoms in total. The Labute approximate surface area is 186 Å². The Bertz CT molecular complexity index is 1030. The van der Waals surface area contributed by atoms with Crippen LogP contribution in [0.15, 0.2) is 67.0 Å². The van der Waals surface area contributed by atoms with Crippen molar-refractivity contribution in [1.29, 1.82) is 0 Å². The highest BCUT2D eigenvalue weighted by atomic mass is 35.5. The van der Waals surface area contributed by atoms with Gasteiger partial charge in [0.25, 0.3) is 5.91 Å². The number of para-hydroxylation sites is 1. The number of carbonyl (C=O) groups is 2. The number of hydrogen-bond acceptors (Lipinski definition) is 3. The maximum atomic E-state index is 12.7. The number of carbonyl (C=O) groups excluding carboxylic acids is 2. The van der Waals surface area contributed by atoms with E-state index in [0.29, 0.717) is 36.6 Å². The van der Waals surface area contributed by atoms with E-state index >= 15 is 0 Å². The minimum Gasteiger partial charge on any atom is -0.355 e. The molecular weight excluding hydrogens is 412 g/mol. The second-order valence-corrected chi connectivity index (χ2v) is 8.20. The van der Waals surface area contributed by atoms with E-state index < -0.39 is 0 Å². The molecule has 1 saturated heterocycles. The Hall–Kier alpha value is -3.12. The predicted octanol–water partition coefficient (Wildman–Crippen LogP) is 3.74. The molecule has 0 bridgehead atoms. The fourth-order valence-electron chi connectivity index (χ4n) is 3.84. The molecule has 4 rings (SSSR count). The number of nitrogens with zero attached hydrogens (tertiary/aromatic N) is 3. The molecule has 1 aliphatic rings. The average molecular weight is 437 g/mol. The number of aromatic nitrogens is 2. The molecule has 0 saturated carbocycles. The van der Waals surface area contributed by atoms with Crippen molar-refractivity contribution in [2.24, 2.45) is 5.92 Å². The summed E-state index contributed by atoms with van der Waals surface area (Å²) in [5.74, 6) is -0.233. The second kappa shape index (κ2) is 9.79. The van der Waals surface area contributed by atoms with Gasteiger partial charge >= 0.3 is 0 Å². The number of benzene rings is 2. The van der Waals surface area contributed by atoms with Crippen LogP contribution in [-0.4, -0.2) is 46.1 Å². The van der Waals surface area contributed by atoms with Crippen LogP contribution in [0.5, 0.6) is 0 Å². The lowest BCUT2D eigenvalue weighted by Crippen LogP contribution is -2.45. The maximum absolute atomic E-state index is 12.7. The van der Waals surface area contributed by atoms with Gasteiger partial charge in [-0.1, -0.05) is 29.8 Å². The molecule has 1 atom stereocenters. The second-order valence-electron chi connectivity index (χ2n) is 7.77. The third-order valence-electron chi connectivity index (χ3n) is 5.54. The van der Waals surface area contributed by atoms with E-state index in [2.05, 4.69) is 10.4 Å². The molecule has 2 heterocycles. The summed E-state index contributed by atoms with van der Waals surface area (Å²) in [6.07, 6.45) is 6.13. The van der Waals surface area contributed by atoms with E-state index in [9.17, 15) is 9.59 Å². The molecule has 0 radical (unpaired) electrons. The van der Waals surface area contributed by atoms with Crippen LogP contribution in [0.25, 0.3) is 5.69 Å². The van der Waals surface area contributed by atoms with Gasteiger partial charge in [-0.3, -0.25) is 9.59 Å². The number of amides is 2. The Balaban J connectivity index is 1.27. The zero-order chi connectivity index (χ0) is 21.6. The summed E-state index contributed by atoms with van der Waals surface area (Å²) >= 11 is 5.91. The molecule has 0 aliphatic carbocycles. The number of piperidine rings is 1. The quantitative estimate of drug-likeness (QED) is 0.640. The van der Waals surface area contributed by atoms with E-state index in [1.165, 1.54) is 0 Å². The molecule has 1 fully saturated rings. The van der Waals surface area contributed by atoms with Crippen LogP contribution in [0.1, 0.15) is 28.8 Å². The number of halogens is 1. The molecule has 7 heteroatoms. The summed E-state index contributed by atoms with van der Waals surface area (Å²) in [6, 6.07) is 16.8. The van der Waals surface area contributed by atoms with Crippen LogP contribution >= 0.6 is 11.6 Å². The number of likely N-dealkylation sites (tertiary alicyclic amines) is 1. The van der Waals surface area contributed by atoms with Crippen LogP contribution in [-0.2, 0) is 11.2 Å². The highest BCUT2D eigenvalue weighted by Crippen LogP contribution is 2.20. The van der Waals surface area contributed by atoms with Gasteiger partial charge in [0.15, 0.2) is 0 Å². The van der Waals surface area contributed by atoms with E-state index in [4.69, 9.17) is 11.6 Å². The fourth-order valence-corrected chi connectivity index (χ4v) is 3.96. The van der Waals surface area contributed by atoms with E-state index in [-0.39, 0.29) is 17.7 Å².